The molecule has 0 bridgehead atoms. The molecule has 0 fully saturated rings. The highest BCUT2D eigenvalue weighted by atomic mass is 32.2. The van der Waals surface area contributed by atoms with Gasteiger partial charge in [-0.2, -0.15) is 17.0 Å². The van der Waals surface area contributed by atoms with Crippen LogP contribution in [0.3, 0.4) is 0 Å². The smallest absolute Gasteiger partial charge is 0.101 e. The van der Waals surface area contributed by atoms with Crippen molar-refractivity contribution in [2.45, 2.75) is 31.7 Å². The van der Waals surface area contributed by atoms with Gasteiger partial charge in [0, 0.05) is 0 Å². The lowest BCUT2D eigenvalue weighted by Crippen LogP contribution is -2.33. The van der Waals surface area contributed by atoms with Crippen LogP contribution in [-0.4, -0.2) is 17.5 Å². The van der Waals surface area contributed by atoms with E-state index in [-0.39, 0.29) is 0 Å². The second-order valence-corrected chi connectivity index (χ2v) is 3.96. The topological polar surface area (TPSA) is 49.8 Å². The van der Waals surface area contributed by atoms with E-state index in [0.29, 0.717) is 0 Å². The summed E-state index contributed by atoms with van der Waals surface area (Å²) in [7, 11) is 0. The molecule has 1 atom stereocenters. The quantitative estimate of drug-likeness (QED) is 0.643. The van der Waals surface area contributed by atoms with Crippen LogP contribution < -0.4 is 5.73 Å². The van der Waals surface area contributed by atoms with Crippen molar-refractivity contribution in [3.05, 3.63) is 0 Å². The van der Waals surface area contributed by atoms with E-state index < -0.39 is 5.54 Å². The summed E-state index contributed by atoms with van der Waals surface area (Å²) >= 11 is 1.84. The molecule has 0 radical (unpaired) electrons. The Morgan fingerprint density at radius 2 is 2.18 bits per heavy atom. The normalized spacial score (nSPS) is 15.5. The van der Waals surface area contributed by atoms with Gasteiger partial charge in [0.15, 0.2) is 0 Å². The maximum atomic E-state index is 8.57. The molecule has 0 amide bonds. The van der Waals surface area contributed by atoms with E-state index in [1.165, 1.54) is 5.75 Å². The van der Waals surface area contributed by atoms with Crippen molar-refractivity contribution in [2.75, 3.05) is 12.0 Å². The first-order valence-corrected chi connectivity index (χ1v) is 5.21. The van der Waals surface area contributed by atoms with Gasteiger partial charge in [-0.25, -0.2) is 0 Å². The van der Waals surface area contributed by atoms with E-state index in [0.717, 1.165) is 19.3 Å². The van der Waals surface area contributed by atoms with E-state index >= 15 is 0 Å². The fraction of sp³-hybridized carbons (Fsp3) is 0.875. The zero-order valence-electron chi connectivity index (χ0n) is 7.26. The standard InChI is InChI=1S/C8H16N2S/c1-8(10,7-9)5-3-4-6-11-2/h3-6,10H2,1-2H3. The highest BCUT2D eigenvalue weighted by Gasteiger charge is 2.15. The number of unbranched alkanes of at least 4 members (excludes halogenated alkanes) is 1. The fourth-order valence-electron chi connectivity index (χ4n) is 0.795. The lowest BCUT2D eigenvalue weighted by Gasteiger charge is -2.13. The lowest BCUT2D eigenvalue weighted by atomic mass is 9.99. The Bertz CT molecular complexity index is 138. The Balaban J connectivity index is 3.32. The van der Waals surface area contributed by atoms with Gasteiger partial charge in [-0.1, -0.05) is 0 Å². The van der Waals surface area contributed by atoms with Crippen LogP contribution in [0.4, 0.5) is 0 Å². The van der Waals surface area contributed by atoms with Crippen LogP contribution in [0.25, 0.3) is 0 Å². The molecular weight excluding hydrogens is 156 g/mol. The Hall–Kier alpha value is -0.200. The van der Waals surface area contributed by atoms with Gasteiger partial charge in [0.25, 0.3) is 0 Å². The molecule has 0 heterocycles. The van der Waals surface area contributed by atoms with Gasteiger partial charge >= 0.3 is 0 Å². The molecule has 0 aromatic carbocycles. The van der Waals surface area contributed by atoms with Crippen LogP contribution in [-0.2, 0) is 0 Å². The molecule has 2 nitrogen and oxygen atoms in total. The van der Waals surface area contributed by atoms with E-state index in [4.69, 9.17) is 11.0 Å². The van der Waals surface area contributed by atoms with Crippen molar-refractivity contribution in [1.29, 1.82) is 5.26 Å². The van der Waals surface area contributed by atoms with Gasteiger partial charge in [-0.3, -0.25) is 0 Å². The van der Waals surface area contributed by atoms with Crippen LogP contribution in [0.5, 0.6) is 0 Å². The molecule has 2 N–H and O–H groups in total. The maximum Gasteiger partial charge on any atom is 0.101 e. The summed E-state index contributed by atoms with van der Waals surface area (Å²) in [6.07, 6.45) is 5.12. The first-order chi connectivity index (χ1) is 5.12. The van der Waals surface area contributed by atoms with Crippen molar-refractivity contribution in [1.82, 2.24) is 0 Å². The number of thioether (sulfide) groups is 1. The number of nitriles is 1. The molecule has 0 aromatic rings. The van der Waals surface area contributed by atoms with Crippen LogP contribution in [0.15, 0.2) is 0 Å². The predicted molar refractivity (Wildman–Crippen MR) is 50.4 cm³/mol. The summed E-state index contributed by atoms with van der Waals surface area (Å²) in [4.78, 5) is 0. The first-order valence-electron chi connectivity index (χ1n) is 3.81. The average molecular weight is 172 g/mol. The second kappa shape index (κ2) is 5.45. The summed E-state index contributed by atoms with van der Waals surface area (Å²) in [5, 5.41) is 8.57. The minimum Gasteiger partial charge on any atom is -0.314 e. The number of hydrogen-bond acceptors (Lipinski definition) is 3. The third kappa shape index (κ3) is 6.21. The van der Waals surface area contributed by atoms with Crippen LogP contribution in [0.2, 0.25) is 0 Å². The van der Waals surface area contributed by atoms with E-state index in [2.05, 4.69) is 12.3 Å². The van der Waals surface area contributed by atoms with Gasteiger partial charge in [-0.15, -0.1) is 0 Å². The first kappa shape index (κ1) is 10.8. The number of hydrogen-bond donors (Lipinski definition) is 1. The second-order valence-electron chi connectivity index (χ2n) is 2.98. The number of nitrogens with two attached hydrogens (primary N) is 1. The number of rotatable bonds is 5. The molecule has 0 rings (SSSR count). The van der Waals surface area contributed by atoms with Crippen molar-refractivity contribution >= 4 is 11.8 Å². The average Bonchev–Trinajstić information content (AvgIpc) is 1.99. The zero-order chi connectivity index (χ0) is 8.74. The summed E-state index contributed by atoms with van der Waals surface area (Å²) in [5.74, 6) is 1.17. The van der Waals surface area contributed by atoms with Crippen molar-refractivity contribution < 1.29 is 0 Å². The molecule has 0 spiro atoms. The van der Waals surface area contributed by atoms with Gasteiger partial charge in [-0.05, 0) is 38.2 Å². The predicted octanol–water partition coefficient (Wildman–Crippen LogP) is 1.76. The molecule has 0 saturated heterocycles. The largest absolute Gasteiger partial charge is 0.314 e. The van der Waals surface area contributed by atoms with Crippen LogP contribution in [0.1, 0.15) is 26.2 Å². The van der Waals surface area contributed by atoms with Gasteiger partial charge < -0.3 is 5.73 Å². The van der Waals surface area contributed by atoms with Crippen molar-refractivity contribution in [3.63, 3.8) is 0 Å². The summed E-state index contributed by atoms with van der Waals surface area (Å²) < 4.78 is 0. The van der Waals surface area contributed by atoms with Crippen LogP contribution >= 0.6 is 11.8 Å². The van der Waals surface area contributed by atoms with Crippen molar-refractivity contribution in [3.8, 4) is 6.07 Å². The SMILES string of the molecule is CSCCCCC(C)(N)C#N. The molecule has 0 aromatic heterocycles. The molecule has 3 heteroatoms. The van der Waals surface area contributed by atoms with E-state index in [9.17, 15) is 0 Å². The maximum absolute atomic E-state index is 8.57. The van der Waals surface area contributed by atoms with Gasteiger partial charge in [0.1, 0.15) is 5.54 Å². The van der Waals surface area contributed by atoms with E-state index in [1.54, 1.807) is 6.92 Å². The fourth-order valence-corrected chi connectivity index (χ4v) is 1.29. The van der Waals surface area contributed by atoms with E-state index in [1.807, 2.05) is 11.8 Å². The molecule has 0 aliphatic carbocycles. The highest BCUT2D eigenvalue weighted by Crippen LogP contribution is 2.10. The van der Waals surface area contributed by atoms with Gasteiger partial charge in [0.05, 0.1) is 6.07 Å². The lowest BCUT2D eigenvalue weighted by molar-refractivity contribution is 0.519. The summed E-state index contributed by atoms with van der Waals surface area (Å²) in [6.45, 7) is 1.78. The zero-order valence-corrected chi connectivity index (χ0v) is 8.08. The Labute approximate surface area is 73.1 Å². The highest BCUT2D eigenvalue weighted by molar-refractivity contribution is 7.98. The Morgan fingerprint density at radius 1 is 1.55 bits per heavy atom. The van der Waals surface area contributed by atoms with Crippen LogP contribution in [0, 0.1) is 11.3 Å². The van der Waals surface area contributed by atoms with Gasteiger partial charge in [0.2, 0.25) is 0 Å². The Kier molecular flexibility index (Phi) is 5.35. The summed E-state index contributed by atoms with van der Waals surface area (Å²) in [6, 6.07) is 2.09. The monoisotopic (exact) mass is 172 g/mol. The Morgan fingerprint density at radius 3 is 2.64 bits per heavy atom. The minimum atomic E-state index is -0.613. The molecule has 0 aliphatic rings. The third-order valence-electron chi connectivity index (χ3n) is 1.55. The molecule has 1 unspecified atom stereocenters. The summed E-state index contributed by atoms with van der Waals surface area (Å²) in [5.41, 5.74) is 5.02. The molecule has 11 heavy (non-hydrogen) atoms. The third-order valence-corrected chi connectivity index (χ3v) is 2.25. The molecular formula is C8H16N2S. The molecule has 0 saturated carbocycles. The molecule has 64 valence electrons. The minimum absolute atomic E-state index is 0.613. The molecule has 0 aliphatic heterocycles. The number of nitrogens with zero attached hydrogens (tertiary/aromatic N) is 1. The van der Waals surface area contributed by atoms with Crippen molar-refractivity contribution in [2.24, 2.45) is 5.73 Å².